The Labute approximate surface area is 131 Å². The number of carbonyl (C=O) groups excluding carboxylic acids is 1. The number of nitrogens with one attached hydrogen (secondary N) is 1. The Morgan fingerprint density at radius 1 is 1.32 bits per heavy atom. The molecule has 0 spiro atoms. The number of halogens is 4. The highest BCUT2D eigenvalue weighted by molar-refractivity contribution is 7.94. The Balaban J connectivity index is 3.22. The van der Waals surface area contributed by atoms with Gasteiger partial charge in [-0.15, -0.1) is 0 Å². The lowest BCUT2D eigenvalue weighted by Crippen LogP contribution is -2.40. The minimum absolute atomic E-state index is 0.187. The topological polar surface area (TPSA) is 66.5 Å². The summed E-state index contributed by atoms with van der Waals surface area (Å²) in [7, 11) is -1.65. The number of alkyl halides is 3. The Kier molecular flexibility index (Phi) is 5.34. The van der Waals surface area contributed by atoms with Crippen LogP contribution in [0.2, 0.25) is 5.02 Å². The van der Waals surface area contributed by atoms with Crippen molar-refractivity contribution in [3.8, 4) is 0 Å². The van der Waals surface area contributed by atoms with Crippen molar-refractivity contribution in [2.24, 2.45) is 0 Å². The molecular weight excluding hydrogens is 345 g/mol. The van der Waals surface area contributed by atoms with Crippen molar-refractivity contribution in [1.82, 2.24) is 4.90 Å². The van der Waals surface area contributed by atoms with Crippen LogP contribution >= 0.6 is 11.6 Å². The highest BCUT2D eigenvalue weighted by atomic mass is 35.5. The van der Waals surface area contributed by atoms with Crippen LogP contribution in [0.25, 0.3) is 0 Å². The first-order valence-corrected chi connectivity index (χ1v) is 7.88. The third kappa shape index (κ3) is 4.26. The number of nitrogens with zero attached hydrogens (tertiary/aromatic N) is 1. The van der Waals surface area contributed by atoms with E-state index in [1.807, 2.05) is 0 Å². The Morgan fingerprint density at radius 2 is 1.86 bits per heavy atom. The summed E-state index contributed by atoms with van der Waals surface area (Å²) in [5.41, 5.74) is -1.91. The minimum Gasteiger partial charge on any atom is -0.348 e. The van der Waals surface area contributed by atoms with E-state index in [0.29, 0.717) is 6.07 Å². The molecule has 0 fully saturated rings. The summed E-state index contributed by atoms with van der Waals surface area (Å²) in [5, 5.41) is -1.73. The maximum absolute atomic E-state index is 12.9. The molecule has 0 saturated carbocycles. The molecule has 0 aliphatic rings. The van der Waals surface area contributed by atoms with E-state index < -0.39 is 38.6 Å². The molecule has 1 unspecified atom stereocenters. The van der Waals surface area contributed by atoms with Crippen LogP contribution in [0.3, 0.4) is 0 Å². The van der Waals surface area contributed by atoms with Crippen molar-refractivity contribution < 1.29 is 26.4 Å². The molecule has 0 aromatic heterocycles. The fraction of sp³-hybridized carbons (Fsp3) is 0.417. The summed E-state index contributed by atoms with van der Waals surface area (Å²) in [5.74, 6) is -0.755. The Bertz CT molecular complexity index is 675. The van der Waals surface area contributed by atoms with E-state index in [1.54, 1.807) is 4.72 Å². The number of benzene rings is 1. The lowest BCUT2D eigenvalue weighted by molar-refractivity contribution is -0.136. The van der Waals surface area contributed by atoms with E-state index in [0.717, 1.165) is 24.0 Å². The van der Waals surface area contributed by atoms with Crippen LogP contribution in [0.1, 0.15) is 12.5 Å². The second-order valence-electron chi connectivity index (χ2n) is 4.71. The van der Waals surface area contributed by atoms with Crippen molar-refractivity contribution in [2.45, 2.75) is 18.3 Å². The zero-order valence-corrected chi connectivity index (χ0v) is 13.5. The monoisotopic (exact) mass is 358 g/mol. The first-order valence-electron chi connectivity index (χ1n) is 5.96. The average molecular weight is 359 g/mol. The smallest absolute Gasteiger partial charge is 0.348 e. The number of sulfonamides is 1. The molecule has 0 saturated heterocycles. The molecule has 0 heterocycles. The van der Waals surface area contributed by atoms with Crippen LogP contribution in [0, 0.1) is 0 Å². The van der Waals surface area contributed by atoms with Gasteiger partial charge in [0, 0.05) is 19.1 Å². The molecule has 5 nitrogen and oxygen atoms in total. The van der Waals surface area contributed by atoms with E-state index >= 15 is 0 Å². The van der Waals surface area contributed by atoms with Gasteiger partial charge in [-0.25, -0.2) is 8.42 Å². The van der Waals surface area contributed by atoms with Gasteiger partial charge in [0.1, 0.15) is 0 Å². The summed E-state index contributed by atoms with van der Waals surface area (Å²) in [6, 6.07) is 2.63. The number of hydrogen-bond acceptors (Lipinski definition) is 3. The molecule has 22 heavy (non-hydrogen) atoms. The molecule has 0 aliphatic carbocycles. The number of hydrogen-bond donors (Lipinski definition) is 1. The first-order chi connectivity index (χ1) is 9.86. The van der Waals surface area contributed by atoms with Crippen molar-refractivity contribution in [3.63, 3.8) is 0 Å². The highest BCUT2D eigenvalue weighted by Crippen LogP contribution is 2.37. The third-order valence-electron chi connectivity index (χ3n) is 2.79. The van der Waals surface area contributed by atoms with Gasteiger partial charge in [-0.1, -0.05) is 11.6 Å². The molecule has 0 radical (unpaired) electrons. The van der Waals surface area contributed by atoms with Crippen LogP contribution in [-0.2, 0) is 21.0 Å². The van der Waals surface area contributed by atoms with Crippen LogP contribution in [-0.4, -0.2) is 38.6 Å². The average Bonchev–Trinajstić information content (AvgIpc) is 2.37. The fourth-order valence-electron chi connectivity index (χ4n) is 1.58. The van der Waals surface area contributed by atoms with Gasteiger partial charge in [-0.2, -0.15) is 13.2 Å². The zero-order valence-electron chi connectivity index (χ0n) is 11.9. The van der Waals surface area contributed by atoms with Crippen LogP contribution in [0.15, 0.2) is 18.2 Å². The predicted molar refractivity (Wildman–Crippen MR) is 77.2 cm³/mol. The summed E-state index contributed by atoms with van der Waals surface area (Å²) >= 11 is 5.51. The maximum Gasteiger partial charge on any atom is 0.418 e. The molecule has 1 atom stereocenters. The molecule has 1 rings (SSSR count). The van der Waals surface area contributed by atoms with E-state index in [1.165, 1.54) is 14.1 Å². The van der Waals surface area contributed by atoms with E-state index in [9.17, 15) is 26.4 Å². The molecule has 10 heteroatoms. The first kappa shape index (κ1) is 18.6. The number of rotatable bonds is 4. The van der Waals surface area contributed by atoms with Gasteiger partial charge in [0.05, 0.1) is 11.3 Å². The molecule has 124 valence electrons. The molecule has 0 bridgehead atoms. The molecule has 0 aliphatic heterocycles. The van der Waals surface area contributed by atoms with Gasteiger partial charge < -0.3 is 4.90 Å². The van der Waals surface area contributed by atoms with Crippen molar-refractivity contribution in [3.05, 3.63) is 28.8 Å². The van der Waals surface area contributed by atoms with Crippen molar-refractivity contribution in [2.75, 3.05) is 18.8 Å². The largest absolute Gasteiger partial charge is 0.418 e. The normalized spacial score (nSPS) is 13.6. The van der Waals surface area contributed by atoms with Gasteiger partial charge in [-0.05, 0) is 25.1 Å². The van der Waals surface area contributed by atoms with Gasteiger partial charge in [0.25, 0.3) is 0 Å². The van der Waals surface area contributed by atoms with E-state index in [-0.39, 0.29) is 5.02 Å². The van der Waals surface area contributed by atoms with Gasteiger partial charge in [-0.3, -0.25) is 9.52 Å². The summed E-state index contributed by atoms with van der Waals surface area (Å²) in [6.07, 6.45) is -4.79. The molecule has 1 aromatic carbocycles. The maximum atomic E-state index is 12.9. The van der Waals surface area contributed by atoms with Gasteiger partial charge in [0.15, 0.2) is 5.25 Å². The summed E-state index contributed by atoms with van der Waals surface area (Å²) < 4.78 is 64.7. The molecular formula is C12H14ClF3N2O3S. The second kappa shape index (κ2) is 6.33. The molecule has 1 aromatic rings. The summed E-state index contributed by atoms with van der Waals surface area (Å²) in [4.78, 5) is 12.7. The molecule has 1 amide bonds. The van der Waals surface area contributed by atoms with Gasteiger partial charge in [0.2, 0.25) is 15.9 Å². The van der Waals surface area contributed by atoms with E-state index in [2.05, 4.69) is 0 Å². The second-order valence-corrected chi connectivity index (χ2v) is 7.15. The number of carbonyl (C=O) groups is 1. The van der Waals surface area contributed by atoms with Crippen LogP contribution < -0.4 is 4.72 Å². The van der Waals surface area contributed by atoms with Crippen LogP contribution in [0.4, 0.5) is 18.9 Å². The van der Waals surface area contributed by atoms with Crippen molar-refractivity contribution >= 4 is 33.2 Å². The lowest BCUT2D eigenvalue weighted by atomic mass is 10.2. The standard InChI is InChI=1S/C12H14ClF3N2O3S/c1-7(11(19)18(2)3)22(20,21)17-10-5-4-8(13)6-9(10)12(14,15)16/h4-7,17H,1-3H3. The molecule has 1 N–H and O–H groups in total. The highest BCUT2D eigenvalue weighted by Gasteiger charge is 2.36. The SMILES string of the molecule is CC(C(=O)N(C)C)S(=O)(=O)Nc1ccc(Cl)cc1C(F)(F)F. The number of anilines is 1. The Morgan fingerprint density at radius 3 is 2.32 bits per heavy atom. The van der Waals surface area contributed by atoms with Crippen LogP contribution in [0.5, 0.6) is 0 Å². The Hall–Kier alpha value is -1.48. The summed E-state index contributed by atoms with van der Waals surface area (Å²) in [6.45, 7) is 1.09. The quantitative estimate of drug-likeness (QED) is 0.899. The third-order valence-corrected chi connectivity index (χ3v) is 4.67. The van der Waals surface area contributed by atoms with Gasteiger partial charge >= 0.3 is 6.18 Å². The fourth-order valence-corrected chi connectivity index (χ4v) is 2.89. The predicted octanol–water partition coefficient (Wildman–Crippen LogP) is 2.58. The van der Waals surface area contributed by atoms with E-state index in [4.69, 9.17) is 11.6 Å². The zero-order chi connectivity index (χ0) is 17.3. The lowest BCUT2D eigenvalue weighted by Gasteiger charge is -2.20. The minimum atomic E-state index is -4.79. The van der Waals surface area contributed by atoms with Crippen molar-refractivity contribution in [1.29, 1.82) is 0 Å². The number of amides is 1.